The van der Waals surface area contributed by atoms with Gasteiger partial charge in [-0.25, -0.2) is 4.39 Å². The molecule has 0 aromatic heterocycles. The van der Waals surface area contributed by atoms with Crippen molar-refractivity contribution in [3.63, 3.8) is 0 Å². The predicted molar refractivity (Wildman–Crippen MR) is 40.7 cm³/mol. The van der Waals surface area contributed by atoms with Gasteiger partial charge in [0.05, 0.1) is 3.57 Å². The van der Waals surface area contributed by atoms with Crippen LogP contribution in [-0.4, -0.2) is 5.11 Å². The predicted octanol–water partition coefficient (Wildman–Crippen LogP) is 2.27. The molecule has 1 rings (SSSR count). The number of rotatable bonds is 0. The molecule has 0 bridgehead atoms. The number of hydrogen-bond acceptors (Lipinski definition) is 1. The molecule has 0 fully saturated rings. The fourth-order valence-corrected chi connectivity index (χ4v) is 0.933. The number of phenolic OH excluding ortho intramolecular Hbond substituents is 1. The van der Waals surface area contributed by atoms with E-state index >= 15 is 0 Å². The van der Waals surface area contributed by atoms with E-state index in [4.69, 9.17) is 5.11 Å². The summed E-state index contributed by atoms with van der Waals surface area (Å²) >= 11 is 1.71. The van der Waals surface area contributed by atoms with E-state index in [0.717, 1.165) is 6.07 Å². The monoisotopic (exact) mass is 256 g/mol. The first-order valence-corrected chi connectivity index (χ1v) is 3.53. The number of halogens is 3. The van der Waals surface area contributed by atoms with Crippen molar-refractivity contribution in [1.29, 1.82) is 0 Å². The van der Waals surface area contributed by atoms with Gasteiger partial charge in [0.1, 0.15) is 0 Å². The van der Waals surface area contributed by atoms with E-state index in [-0.39, 0.29) is 0 Å². The molecule has 10 heavy (non-hydrogen) atoms. The van der Waals surface area contributed by atoms with E-state index in [1.54, 1.807) is 22.6 Å². The largest absolute Gasteiger partial charge is 0.504 e. The highest BCUT2D eigenvalue weighted by molar-refractivity contribution is 14.1. The van der Waals surface area contributed by atoms with Gasteiger partial charge >= 0.3 is 0 Å². The number of phenols is 1. The Labute approximate surface area is 69.8 Å². The lowest BCUT2D eigenvalue weighted by Gasteiger charge is -1.97. The second kappa shape index (κ2) is 2.69. The summed E-state index contributed by atoms with van der Waals surface area (Å²) in [5.41, 5.74) is 0. The smallest absolute Gasteiger partial charge is 0.201 e. The molecule has 0 saturated heterocycles. The van der Waals surface area contributed by atoms with Crippen LogP contribution in [0.15, 0.2) is 12.1 Å². The van der Waals surface area contributed by atoms with Crippen LogP contribution in [0.25, 0.3) is 0 Å². The van der Waals surface area contributed by atoms with Crippen molar-refractivity contribution in [2.45, 2.75) is 0 Å². The maximum Gasteiger partial charge on any atom is 0.201 e. The molecule has 54 valence electrons. The molecule has 0 unspecified atom stereocenters. The van der Waals surface area contributed by atoms with Crippen LogP contribution < -0.4 is 0 Å². The van der Waals surface area contributed by atoms with Crippen molar-refractivity contribution in [1.82, 2.24) is 0 Å². The highest BCUT2D eigenvalue weighted by atomic mass is 127. The maximum absolute atomic E-state index is 12.4. The third kappa shape index (κ3) is 1.21. The van der Waals surface area contributed by atoms with Gasteiger partial charge in [-0.1, -0.05) is 0 Å². The fraction of sp³-hybridized carbons (Fsp3) is 0. The van der Waals surface area contributed by atoms with Crippen LogP contribution in [0, 0.1) is 15.2 Å². The number of hydrogen-bond donors (Lipinski definition) is 1. The van der Waals surface area contributed by atoms with E-state index in [0.29, 0.717) is 3.57 Å². The molecule has 0 heterocycles. The lowest BCUT2D eigenvalue weighted by molar-refractivity contribution is 0.404. The molecule has 1 aromatic rings. The molecular weight excluding hydrogens is 253 g/mol. The normalized spacial score (nSPS) is 9.90. The molecule has 0 radical (unpaired) electrons. The Bertz CT molecular complexity index is 235. The molecule has 1 N–H and O–H groups in total. The van der Waals surface area contributed by atoms with Gasteiger partial charge in [-0.3, -0.25) is 0 Å². The minimum Gasteiger partial charge on any atom is -0.504 e. The van der Waals surface area contributed by atoms with Crippen molar-refractivity contribution in [2.75, 3.05) is 0 Å². The van der Waals surface area contributed by atoms with E-state index < -0.39 is 17.4 Å². The van der Waals surface area contributed by atoms with Crippen LogP contribution >= 0.6 is 22.6 Å². The van der Waals surface area contributed by atoms with Gasteiger partial charge in [0.2, 0.25) is 5.82 Å². The average Bonchev–Trinajstić information content (AvgIpc) is 1.93. The van der Waals surface area contributed by atoms with Crippen LogP contribution in [0.5, 0.6) is 5.75 Å². The summed E-state index contributed by atoms with van der Waals surface area (Å²) in [4.78, 5) is 0. The molecule has 0 aliphatic carbocycles. The first-order chi connectivity index (χ1) is 4.63. The van der Waals surface area contributed by atoms with Crippen molar-refractivity contribution in [2.24, 2.45) is 0 Å². The third-order valence-electron chi connectivity index (χ3n) is 1.02. The molecule has 0 aliphatic rings. The van der Waals surface area contributed by atoms with Crippen LogP contribution in [0.1, 0.15) is 0 Å². The maximum atomic E-state index is 12.4. The van der Waals surface area contributed by atoms with Crippen molar-refractivity contribution >= 4 is 22.6 Å². The van der Waals surface area contributed by atoms with Crippen molar-refractivity contribution in [3.05, 3.63) is 27.3 Å². The second-order valence-corrected chi connectivity index (χ2v) is 2.85. The Kier molecular flexibility index (Phi) is 2.08. The lowest BCUT2D eigenvalue weighted by Crippen LogP contribution is -1.85. The molecule has 0 spiro atoms. The summed E-state index contributed by atoms with van der Waals surface area (Å²) in [6, 6.07) is 2.27. The number of aromatic hydroxyl groups is 1. The van der Waals surface area contributed by atoms with Crippen molar-refractivity contribution < 1.29 is 13.9 Å². The zero-order valence-corrected chi connectivity index (χ0v) is 6.89. The van der Waals surface area contributed by atoms with Crippen LogP contribution in [-0.2, 0) is 0 Å². The lowest BCUT2D eigenvalue weighted by atomic mass is 10.3. The van der Waals surface area contributed by atoms with Crippen LogP contribution in [0.3, 0.4) is 0 Å². The fourth-order valence-electron chi connectivity index (χ4n) is 0.516. The first kappa shape index (κ1) is 7.71. The Balaban J connectivity index is 3.34. The van der Waals surface area contributed by atoms with Gasteiger partial charge in [0, 0.05) is 0 Å². The first-order valence-electron chi connectivity index (χ1n) is 2.45. The Morgan fingerprint density at radius 1 is 1.30 bits per heavy atom. The van der Waals surface area contributed by atoms with E-state index in [2.05, 4.69) is 0 Å². The Hall–Kier alpha value is -0.390. The molecule has 4 heteroatoms. The van der Waals surface area contributed by atoms with E-state index in [1.807, 2.05) is 0 Å². The van der Waals surface area contributed by atoms with Crippen molar-refractivity contribution in [3.8, 4) is 5.75 Å². The van der Waals surface area contributed by atoms with Gasteiger partial charge in [-0.15, -0.1) is 0 Å². The highest BCUT2D eigenvalue weighted by Gasteiger charge is 2.09. The average molecular weight is 256 g/mol. The molecule has 0 amide bonds. The second-order valence-electron chi connectivity index (χ2n) is 1.69. The minimum absolute atomic E-state index is 0.302. The van der Waals surface area contributed by atoms with Gasteiger partial charge in [0.25, 0.3) is 0 Å². The summed E-state index contributed by atoms with van der Waals surface area (Å²) < 4.78 is 24.9. The van der Waals surface area contributed by atoms with E-state index in [9.17, 15) is 8.78 Å². The summed E-state index contributed by atoms with van der Waals surface area (Å²) in [6.45, 7) is 0. The van der Waals surface area contributed by atoms with Gasteiger partial charge in [-0.05, 0) is 34.7 Å². The molecule has 0 atom stereocenters. The van der Waals surface area contributed by atoms with Crippen LogP contribution in [0.4, 0.5) is 8.78 Å². The third-order valence-corrected chi connectivity index (χ3v) is 1.89. The summed E-state index contributed by atoms with van der Waals surface area (Å²) in [6.07, 6.45) is 0. The standard InChI is InChI=1S/C6H3F2IO/c7-3-1-2-4(9)6(10)5(3)8/h1-2,10H. The van der Waals surface area contributed by atoms with E-state index in [1.165, 1.54) is 6.07 Å². The Morgan fingerprint density at radius 2 is 1.90 bits per heavy atom. The van der Waals surface area contributed by atoms with Gasteiger partial charge in [0.15, 0.2) is 11.6 Å². The molecular formula is C6H3F2IO. The highest BCUT2D eigenvalue weighted by Crippen LogP contribution is 2.24. The molecule has 1 nitrogen and oxygen atoms in total. The summed E-state index contributed by atoms with van der Waals surface area (Å²) in [5, 5.41) is 8.76. The van der Waals surface area contributed by atoms with Crippen LogP contribution in [0.2, 0.25) is 0 Å². The Morgan fingerprint density at radius 3 is 2.40 bits per heavy atom. The van der Waals surface area contributed by atoms with Gasteiger partial charge < -0.3 is 5.11 Å². The zero-order valence-electron chi connectivity index (χ0n) is 4.74. The summed E-state index contributed by atoms with van der Waals surface area (Å²) in [7, 11) is 0. The van der Waals surface area contributed by atoms with Gasteiger partial charge in [-0.2, -0.15) is 4.39 Å². The zero-order chi connectivity index (χ0) is 7.72. The molecule has 0 saturated carbocycles. The SMILES string of the molecule is Oc1c(I)ccc(F)c1F. The minimum atomic E-state index is -1.19. The quantitative estimate of drug-likeness (QED) is 0.557. The molecule has 0 aliphatic heterocycles. The summed E-state index contributed by atoms with van der Waals surface area (Å²) in [5.74, 6) is -2.84. The number of benzene rings is 1. The topological polar surface area (TPSA) is 20.2 Å². The molecule has 1 aromatic carbocycles.